The number of carboxylic acids is 1. The maximum absolute atomic E-state index is 12.3. The van der Waals surface area contributed by atoms with E-state index in [-0.39, 0.29) is 18.0 Å². The molecule has 1 atom stereocenters. The van der Waals surface area contributed by atoms with Crippen molar-refractivity contribution in [2.24, 2.45) is 0 Å². The fourth-order valence-corrected chi connectivity index (χ4v) is 3.79. The van der Waals surface area contributed by atoms with Crippen LogP contribution in [0.5, 0.6) is 0 Å². The quantitative estimate of drug-likeness (QED) is 0.727. The fourth-order valence-electron chi connectivity index (χ4n) is 2.15. The van der Waals surface area contributed by atoms with Crippen LogP contribution >= 0.6 is 0 Å². The molecule has 2 heterocycles. The van der Waals surface area contributed by atoms with Crippen LogP contribution in [0.4, 0.5) is 0 Å². The average molecular weight is 289 g/mol. The second-order valence-electron chi connectivity index (χ2n) is 4.36. The van der Waals surface area contributed by atoms with Crippen molar-refractivity contribution in [2.45, 2.75) is 30.3 Å². The lowest BCUT2D eigenvalue weighted by molar-refractivity contribution is -0.137. The van der Waals surface area contributed by atoms with E-state index in [1.54, 1.807) is 0 Å². The molecular formula is C10H15N3O5S. The Morgan fingerprint density at radius 2 is 2.26 bits per heavy atom. The Balaban J connectivity index is 2.24. The van der Waals surface area contributed by atoms with Gasteiger partial charge in [-0.05, 0) is 12.8 Å². The number of carbonyl (C=O) groups is 1. The summed E-state index contributed by atoms with van der Waals surface area (Å²) in [5.41, 5.74) is 0. The molecule has 8 nitrogen and oxygen atoms in total. The first-order chi connectivity index (χ1) is 8.95. The van der Waals surface area contributed by atoms with E-state index in [1.165, 1.54) is 10.5 Å². The van der Waals surface area contributed by atoms with Gasteiger partial charge in [-0.3, -0.25) is 9.48 Å². The van der Waals surface area contributed by atoms with Gasteiger partial charge in [-0.25, -0.2) is 8.42 Å². The summed E-state index contributed by atoms with van der Waals surface area (Å²) in [5, 5.41) is 21.5. The fraction of sp³-hybridized carbons (Fsp3) is 0.600. The number of sulfonamides is 1. The van der Waals surface area contributed by atoms with Crippen molar-refractivity contribution in [3.8, 4) is 0 Å². The van der Waals surface area contributed by atoms with Gasteiger partial charge in [-0.2, -0.15) is 9.40 Å². The van der Waals surface area contributed by atoms with Gasteiger partial charge in [0.15, 0.2) is 0 Å². The minimum atomic E-state index is -3.72. The van der Waals surface area contributed by atoms with Crippen LogP contribution in [0.2, 0.25) is 0 Å². The van der Waals surface area contributed by atoms with E-state index in [0.29, 0.717) is 19.4 Å². The minimum absolute atomic E-state index is 0.0471. The van der Waals surface area contributed by atoms with Gasteiger partial charge in [0.1, 0.15) is 11.4 Å². The van der Waals surface area contributed by atoms with Gasteiger partial charge >= 0.3 is 5.97 Å². The van der Waals surface area contributed by atoms with Gasteiger partial charge in [0.2, 0.25) is 10.0 Å². The van der Waals surface area contributed by atoms with Crippen molar-refractivity contribution in [2.75, 3.05) is 13.2 Å². The molecule has 1 aliphatic heterocycles. The van der Waals surface area contributed by atoms with Crippen LogP contribution in [-0.4, -0.2) is 57.9 Å². The lowest BCUT2D eigenvalue weighted by Gasteiger charge is -2.21. The Morgan fingerprint density at radius 3 is 2.89 bits per heavy atom. The Kier molecular flexibility index (Phi) is 3.88. The number of aliphatic hydroxyl groups excluding tert-OH is 1. The van der Waals surface area contributed by atoms with Gasteiger partial charge in [0.25, 0.3) is 0 Å². The maximum Gasteiger partial charge on any atom is 0.325 e. The molecule has 1 aromatic rings. The van der Waals surface area contributed by atoms with E-state index in [4.69, 9.17) is 10.2 Å². The van der Waals surface area contributed by atoms with Gasteiger partial charge in [0.05, 0.1) is 12.8 Å². The molecule has 0 bridgehead atoms. The van der Waals surface area contributed by atoms with Crippen molar-refractivity contribution >= 4 is 16.0 Å². The number of carboxylic acid groups (broad SMARTS) is 1. The first-order valence-electron chi connectivity index (χ1n) is 5.82. The molecule has 0 unspecified atom stereocenters. The third-order valence-corrected chi connectivity index (χ3v) is 4.95. The molecule has 1 aliphatic rings. The summed E-state index contributed by atoms with van der Waals surface area (Å²) in [5.74, 6) is -1.10. The van der Waals surface area contributed by atoms with Crippen LogP contribution in [-0.2, 0) is 21.4 Å². The number of aromatic nitrogens is 2. The molecule has 0 saturated carbocycles. The predicted octanol–water partition coefficient (Wildman–Crippen LogP) is -0.887. The molecule has 1 aromatic heterocycles. The van der Waals surface area contributed by atoms with Crippen molar-refractivity contribution in [1.29, 1.82) is 0 Å². The summed E-state index contributed by atoms with van der Waals surface area (Å²) < 4.78 is 26.9. The highest BCUT2D eigenvalue weighted by atomic mass is 32.2. The van der Waals surface area contributed by atoms with Gasteiger partial charge in [-0.1, -0.05) is 0 Å². The smallest absolute Gasteiger partial charge is 0.325 e. The highest BCUT2D eigenvalue weighted by molar-refractivity contribution is 7.89. The second-order valence-corrected chi connectivity index (χ2v) is 6.25. The number of rotatable bonds is 5. The third kappa shape index (κ3) is 2.77. The number of aliphatic carboxylic acids is 1. The van der Waals surface area contributed by atoms with Crippen LogP contribution in [0.15, 0.2) is 17.3 Å². The molecule has 0 aromatic carbocycles. The summed E-state index contributed by atoms with van der Waals surface area (Å²) >= 11 is 0. The largest absolute Gasteiger partial charge is 0.480 e. The van der Waals surface area contributed by atoms with Crippen LogP contribution in [0, 0.1) is 0 Å². The molecule has 106 valence electrons. The number of hydrogen-bond donors (Lipinski definition) is 2. The number of hydrogen-bond acceptors (Lipinski definition) is 5. The molecule has 9 heteroatoms. The van der Waals surface area contributed by atoms with Gasteiger partial charge in [-0.15, -0.1) is 0 Å². The van der Waals surface area contributed by atoms with E-state index in [9.17, 15) is 13.2 Å². The first-order valence-corrected chi connectivity index (χ1v) is 7.26. The topological polar surface area (TPSA) is 113 Å². The van der Waals surface area contributed by atoms with Crippen LogP contribution in [0.25, 0.3) is 0 Å². The Morgan fingerprint density at radius 1 is 1.53 bits per heavy atom. The van der Waals surface area contributed by atoms with E-state index < -0.39 is 22.0 Å². The molecule has 19 heavy (non-hydrogen) atoms. The van der Waals surface area contributed by atoms with Crippen molar-refractivity contribution in [3.63, 3.8) is 0 Å². The summed E-state index contributed by atoms with van der Waals surface area (Å²) in [7, 11) is -3.72. The second kappa shape index (κ2) is 5.27. The highest BCUT2D eigenvalue weighted by Gasteiger charge is 2.35. The van der Waals surface area contributed by atoms with Gasteiger partial charge in [0, 0.05) is 18.8 Å². The maximum atomic E-state index is 12.3. The van der Waals surface area contributed by atoms with E-state index >= 15 is 0 Å². The molecule has 0 aliphatic carbocycles. The van der Waals surface area contributed by atoms with E-state index in [0.717, 1.165) is 10.9 Å². The third-order valence-electron chi connectivity index (χ3n) is 3.05. The monoisotopic (exact) mass is 289 g/mol. The lowest BCUT2D eigenvalue weighted by Crippen LogP contribution is -2.37. The standard InChI is InChI=1S/C10H15N3O5S/c14-7-8-2-1-3-13(8)19(17,18)9-4-11-12(5-9)6-10(15)16/h4-5,8,14H,1-3,6-7H2,(H,15,16)/t8-/m0/s1. The zero-order valence-corrected chi connectivity index (χ0v) is 11.0. The molecule has 1 fully saturated rings. The number of nitrogens with zero attached hydrogens (tertiary/aromatic N) is 3. The minimum Gasteiger partial charge on any atom is -0.480 e. The summed E-state index contributed by atoms with van der Waals surface area (Å²) in [6.45, 7) is -0.251. The number of aliphatic hydroxyl groups is 1. The van der Waals surface area contributed by atoms with Crippen molar-refractivity contribution < 1.29 is 23.4 Å². The highest BCUT2D eigenvalue weighted by Crippen LogP contribution is 2.25. The zero-order chi connectivity index (χ0) is 14.0. The normalized spacial score (nSPS) is 20.8. The molecule has 0 spiro atoms. The Hall–Kier alpha value is -1.45. The summed E-state index contributed by atoms with van der Waals surface area (Å²) in [6, 6.07) is -0.409. The molecule has 0 amide bonds. The Labute approximate surface area is 110 Å². The van der Waals surface area contributed by atoms with Crippen LogP contribution in [0.1, 0.15) is 12.8 Å². The SMILES string of the molecule is O=C(O)Cn1cc(S(=O)(=O)N2CCC[C@H]2CO)cn1. The zero-order valence-electron chi connectivity index (χ0n) is 10.1. The predicted molar refractivity (Wildman–Crippen MR) is 63.9 cm³/mol. The van der Waals surface area contributed by atoms with Crippen LogP contribution in [0.3, 0.4) is 0 Å². The Bertz CT molecular complexity index is 567. The average Bonchev–Trinajstić information content (AvgIpc) is 2.95. The molecule has 1 saturated heterocycles. The van der Waals surface area contributed by atoms with Crippen molar-refractivity contribution in [1.82, 2.24) is 14.1 Å². The van der Waals surface area contributed by atoms with Crippen molar-refractivity contribution in [3.05, 3.63) is 12.4 Å². The lowest BCUT2D eigenvalue weighted by atomic mass is 10.2. The first kappa shape index (κ1) is 14.0. The summed E-state index contributed by atoms with van der Waals surface area (Å²) in [4.78, 5) is 10.5. The molecular weight excluding hydrogens is 274 g/mol. The molecule has 2 N–H and O–H groups in total. The molecule has 0 radical (unpaired) electrons. The van der Waals surface area contributed by atoms with Gasteiger partial charge < -0.3 is 10.2 Å². The molecule has 2 rings (SSSR count). The van der Waals surface area contributed by atoms with Crippen LogP contribution < -0.4 is 0 Å². The van der Waals surface area contributed by atoms with E-state index in [2.05, 4.69) is 5.10 Å². The van der Waals surface area contributed by atoms with E-state index in [1.807, 2.05) is 0 Å². The summed E-state index contributed by atoms with van der Waals surface area (Å²) in [6.07, 6.45) is 3.65.